The Bertz CT molecular complexity index is 360. The fourth-order valence-electron chi connectivity index (χ4n) is 2.08. The number of hydrogen-bond donors (Lipinski definition) is 1. The highest BCUT2D eigenvalue weighted by atomic mass is 16.5. The van der Waals surface area contributed by atoms with Crippen LogP contribution >= 0.6 is 0 Å². The second-order valence-electron chi connectivity index (χ2n) is 4.64. The van der Waals surface area contributed by atoms with E-state index in [4.69, 9.17) is 14.2 Å². The maximum absolute atomic E-state index is 5.48. The fourth-order valence-corrected chi connectivity index (χ4v) is 2.08. The van der Waals surface area contributed by atoms with Gasteiger partial charge in [0.15, 0.2) is 0 Å². The maximum Gasteiger partial charge on any atom is 0.122 e. The zero-order chi connectivity index (χ0) is 14.8. The largest absolute Gasteiger partial charge is 0.497 e. The summed E-state index contributed by atoms with van der Waals surface area (Å²) in [5.41, 5.74) is 1.18. The van der Waals surface area contributed by atoms with E-state index < -0.39 is 0 Å². The van der Waals surface area contributed by atoms with Crippen molar-refractivity contribution in [1.29, 1.82) is 0 Å². The molecule has 0 radical (unpaired) electrons. The molecule has 0 aromatic heterocycles. The van der Waals surface area contributed by atoms with Crippen LogP contribution in [0.25, 0.3) is 0 Å². The Hall–Kier alpha value is -1.26. The van der Waals surface area contributed by atoms with E-state index in [0.29, 0.717) is 0 Å². The second kappa shape index (κ2) is 9.61. The molecule has 1 rings (SSSR count). The molecule has 0 saturated heterocycles. The van der Waals surface area contributed by atoms with Crippen LogP contribution in [0, 0.1) is 0 Å². The van der Waals surface area contributed by atoms with Crippen LogP contribution in [-0.4, -0.2) is 34.0 Å². The molecule has 4 heteroatoms. The van der Waals surface area contributed by atoms with Crippen molar-refractivity contribution in [3.05, 3.63) is 23.8 Å². The topological polar surface area (TPSA) is 39.7 Å². The summed E-state index contributed by atoms with van der Waals surface area (Å²) in [5.74, 6) is 1.64. The van der Waals surface area contributed by atoms with Crippen molar-refractivity contribution >= 4 is 0 Å². The van der Waals surface area contributed by atoms with E-state index in [9.17, 15) is 0 Å². The fraction of sp³-hybridized carbons (Fsp3) is 0.625. The lowest BCUT2D eigenvalue weighted by molar-refractivity contribution is 0.136. The number of hydrogen-bond acceptors (Lipinski definition) is 4. The molecule has 0 aliphatic heterocycles. The van der Waals surface area contributed by atoms with Gasteiger partial charge < -0.3 is 19.5 Å². The quantitative estimate of drug-likeness (QED) is 0.669. The van der Waals surface area contributed by atoms with Gasteiger partial charge in [0.1, 0.15) is 11.5 Å². The summed E-state index contributed by atoms with van der Waals surface area (Å²) in [6, 6.07) is 6.26. The molecule has 0 heterocycles. The molecule has 1 N–H and O–H groups in total. The lowest BCUT2D eigenvalue weighted by Gasteiger charge is -2.20. The minimum Gasteiger partial charge on any atom is -0.497 e. The Balaban J connectivity index is 2.86. The van der Waals surface area contributed by atoms with Crippen LogP contribution in [0.3, 0.4) is 0 Å². The van der Waals surface area contributed by atoms with Gasteiger partial charge in [0.05, 0.1) is 14.2 Å². The molecule has 0 spiro atoms. The number of methoxy groups -OCH3 is 2. The van der Waals surface area contributed by atoms with Gasteiger partial charge in [-0.15, -0.1) is 0 Å². The van der Waals surface area contributed by atoms with Crippen LogP contribution in [0.2, 0.25) is 0 Å². The van der Waals surface area contributed by atoms with Gasteiger partial charge in [-0.2, -0.15) is 0 Å². The molecular formula is C16H27NO3. The summed E-state index contributed by atoms with van der Waals surface area (Å²) in [5, 5.41) is 3.56. The highest BCUT2D eigenvalue weighted by Crippen LogP contribution is 2.28. The summed E-state index contributed by atoms with van der Waals surface area (Å²) >= 11 is 0. The van der Waals surface area contributed by atoms with Gasteiger partial charge in [0, 0.05) is 25.3 Å². The van der Waals surface area contributed by atoms with Gasteiger partial charge in [-0.25, -0.2) is 0 Å². The van der Waals surface area contributed by atoms with E-state index in [0.717, 1.165) is 44.1 Å². The first-order valence-corrected chi connectivity index (χ1v) is 7.29. The predicted molar refractivity (Wildman–Crippen MR) is 81.7 cm³/mol. The van der Waals surface area contributed by atoms with Crippen molar-refractivity contribution in [3.63, 3.8) is 0 Å². The molecule has 1 unspecified atom stereocenters. The third-order valence-corrected chi connectivity index (χ3v) is 3.17. The Morgan fingerprint density at radius 2 is 1.70 bits per heavy atom. The molecule has 1 aromatic rings. The van der Waals surface area contributed by atoms with E-state index >= 15 is 0 Å². The molecule has 1 atom stereocenters. The van der Waals surface area contributed by atoms with Crippen molar-refractivity contribution in [2.24, 2.45) is 0 Å². The normalized spacial score (nSPS) is 12.2. The van der Waals surface area contributed by atoms with Crippen LogP contribution in [0.4, 0.5) is 0 Å². The maximum atomic E-state index is 5.48. The van der Waals surface area contributed by atoms with Crippen molar-refractivity contribution in [2.75, 3.05) is 34.0 Å². The monoisotopic (exact) mass is 281 g/mol. The third kappa shape index (κ3) is 5.39. The van der Waals surface area contributed by atoms with Crippen molar-refractivity contribution in [1.82, 2.24) is 5.32 Å². The predicted octanol–water partition coefficient (Wildman–Crippen LogP) is 3.17. The molecule has 0 saturated carbocycles. The lowest BCUT2D eigenvalue weighted by atomic mass is 10.0. The van der Waals surface area contributed by atoms with Gasteiger partial charge in [0.2, 0.25) is 0 Å². The summed E-state index contributed by atoms with van der Waals surface area (Å²) in [4.78, 5) is 0. The molecular weight excluding hydrogens is 254 g/mol. The number of nitrogens with one attached hydrogen (secondary N) is 1. The van der Waals surface area contributed by atoms with Gasteiger partial charge in [-0.05, 0) is 44.0 Å². The number of benzene rings is 1. The first-order chi connectivity index (χ1) is 9.74. The van der Waals surface area contributed by atoms with Gasteiger partial charge in [-0.3, -0.25) is 0 Å². The molecule has 4 nitrogen and oxygen atoms in total. The molecule has 0 aliphatic carbocycles. The van der Waals surface area contributed by atoms with Crippen molar-refractivity contribution in [3.8, 4) is 11.5 Å². The van der Waals surface area contributed by atoms with Crippen LogP contribution < -0.4 is 14.8 Å². The second-order valence-corrected chi connectivity index (χ2v) is 4.64. The average Bonchev–Trinajstić information content (AvgIpc) is 2.50. The zero-order valence-corrected chi connectivity index (χ0v) is 13.1. The molecule has 20 heavy (non-hydrogen) atoms. The zero-order valence-electron chi connectivity index (χ0n) is 13.1. The Morgan fingerprint density at radius 1 is 1.05 bits per heavy atom. The van der Waals surface area contributed by atoms with E-state index in [1.807, 2.05) is 13.0 Å². The van der Waals surface area contributed by atoms with Crippen LogP contribution in [0.5, 0.6) is 11.5 Å². The van der Waals surface area contributed by atoms with Crippen LogP contribution in [0.1, 0.15) is 38.3 Å². The Kier molecular flexibility index (Phi) is 8.07. The third-order valence-electron chi connectivity index (χ3n) is 3.17. The molecule has 1 aromatic carbocycles. The van der Waals surface area contributed by atoms with E-state index in [-0.39, 0.29) is 6.04 Å². The minimum absolute atomic E-state index is 0.255. The standard InChI is InChI=1S/C16H27NO3/c1-5-8-17-16(7-9-20-6-2)13-10-14(18-3)12-15(11-13)19-4/h10-12,16-17H,5-9H2,1-4H3. The molecule has 0 bridgehead atoms. The molecule has 0 amide bonds. The molecule has 0 fully saturated rings. The van der Waals surface area contributed by atoms with Gasteiger partial charge in [-0.1, -0.05) is 6.92 Å². The summed E-state index contributed by atoms with van der Waals surface area (Å²) in [6.45, 7) is 6.66. The summed E-state index contributed by atoms with van der Waals surface area (Å²) in [7, 11) is 3.35. The lowest BCUT2D eigenvalue weighted by Crippen LogP contribution is -2.23. The van der Waals surface area contributed by atoms with Crippen molar-refractivity contribution < 1.29 is 14.2 Å². The van der Waals surface area contributed by atoms with Crippen molar-refractivity contribution in [2.45, 2.75) is 32.7 Å². The van der Waals surface area contributed by atoms with Gasteiger partial charge in [0.25, 0.3) is 0 Å². The summed E-state index contributed by atoms with van der Waals surface area (Å²) < 4.78 is 16.2. The SMILES string of the molecule is CCCNC(CCOCC)c1cc(OC)cc(OC)c1. The Labute approximate surface area is 122 Å². The smallest absolute Gasteiger partial charge is 0.122 e. The highest BCUT2D eigenvalue weighted by molar-refractivity contribution is 5.39. The van der Waals surface area contributed by atoms with E-state index in [1.165, 1.54) is 5.56 Å². The summed E-state index contributed by atoms with van der Waals surface area (Å²) in [6.07, 6.45) is 2.04. The van der Waals surface area contributed by atoms with Crippen LogP contribution in [0.15, 0.2) is 18.2 Å². The van der Waals surface area contributed by atoms with E-state index in [1.54, 1.807) is 14.2 Å². The first kappa shape index (κ1) is 16.8. The van der Waals surface area contributed by atoms with Gasteiger partial charge >= 0.3 is 0 Å². The first-order valence-electron chi connectivity index (χ1n) is 7.29. The Morgan fingerprint density at radius 3 is 2.20 bits per heavy atom. The molecule has 114 valence electrons. The number of rotatable bonds is 10. The number of ether oxygens (including phenoxy) is 3. The highest BCUT2D eigenvalue weighted by Gasteiger charge is 2.13. The average molecular weight is 281 g/mol. The van der Waals surface area contributed by atoms with E-state index in [2.05, 4.69) is 24.4 Å². The molecule has 0 aliphatic rings. The minimum atomic E-state index is 0.255. The van der Waals surface area contributed by atoms with Crippen LogP contribution in [-0.2, 0) is 4.74 Å².